The number of primary amides is 1. The van der Waals surface area contributed by atoms with Gasteiger partial charge in [0.15, 0.2) is 0 Å². The molecule has 0 radical (unpaired) electrons. The maximum Gasteiger partial charge on any atom is 0.269 e. The van der Waals surface area contributed by atoms with Crippen LogP contribution in [0.4, 0.5) is 5.69 Å². The zero-order valence-electron chi connectivity index (χ0n) is 12.7. The molecule has 1 amide bonds. The molecule has 0 aliphatic heterocycles. The van der Waals surface area contributed by atoms with Gasteiger partial charge in [-0.25, -0.2) is 0 Å². The number of aromatic nitrogens is 1. The van der Waals surface area contributed by atoms with Crippen LogP contribution in [0.3, 0.4) is 0 Å². The highest BCUT2D eigenvalue weighted by molar-refractivity contribution is 5.95. The molecule has 0 bridgehead atoms. The van der Waals surface area contributed by atoms with Crippen molar-refractivity contribution in [3.05, 3.63) is 51.7 Å². The van der Waals surface area contributed by atoms with Crippen molar-refractivity contribution in [3.63, 3.8) is 0 Å². The molecule has 0 aliphatic rings. The summed E-state index contributed by atoms with van der Waals surface area (Å²) < 4.78 is 2.05. The summed E-state index contributed by atoms with van der Waals surface area (Å²) in [5, 5.41) is 10.7. The average Bonchev–Trinajstić information content (AvgIpc) is 2.82. The third kappa shape index (κ3) is 3.00. The first-order valence-corrected chi connectivity index (χ1v) is 7.20. The molecule has 0 saturated heterocycles. The fourth-order valence-electron chi connectivity index (χ4n) is 2.49. The molecule has 1 heterocycles. The lowest BCUT2D eigenvalue weighted by molar-refractivity contribution is -0.384. The molecule has 0 fully saturated rings. The van der Waals surface area contributed by atoms with E-state index < -0.39 is 10.8 Å². The van der Waals surface area contributed by atoms with Crippen LogP contribution in [0.5, 0.6) is 0 Å². The summed E-state index contributed by atoms with van der Waals surface area (Å²) in [5.74, 6) is -0.462. The van der Waals surface area contributed by atoms with Gasteiger partial charge in [-0.2, -0.15) is 0 Å². The number of carbonyl (C=O) groups is 1. The lowest BCUT2D eigenvalue weighted by Crippen LogP contribution is -2.12. The number of nitrogens with zero attached hydrogens (tertiary/aromatic N) is 2. The summed E-state index contributed by atoms with van der Waals surface area (Å²) in [4.78, 5) is 21.9. The fourth-order valence-corrected chi connectivity index (χ4v) is 2.49. The maximum absolute atomic E-state index is 11.6. The number of nitrogens with two attached hydrogens (primary N) is 1. The Kier molecular flexibility index (Phi) is 4.60. The molecule has 22 heavy (non-hydrogen) atoms. The van der Waals surface area contributed by atoms with Gasteiger partial charge < -0.3 is 10.3 Å². The minimum atomic E-state index is -0.462. The molecule has 116 valence electrons. The fraction of sp³-hybridized carbons (Fsp3) is 0.312. The molecule has 0 unspecified atom stereocenters. The second-order valence-corrected chi connectivity index (χ2v) is 5.20. The van der Waals surface area contributed by atoms with E-state index >= 15 is 0 Å². The largest absolute Gasteiger partial charge is 0.366 e. The second-order valence-electron chi connectivity index (χ2n) is 5.20. The number of nitro benzene ring substituents is 1. The van der Waals surface area contributed by atoms with Crippen molar-refractivity contribution < 1.29 is 9.72 Å². The first-order chi connectivity index (χ1) is 10.5. The number of hydrogen-bond donors (Lipinski definition) is 1. The standard InChI is InChI=1S/C16H19N3O3/c1-3-4-9-18-11(2)14(16(17)20)10-15(18)12-5-7-13(8-6-12)19(21)22/h5-8,10H,3-4,9H2,1-2H3,(H2,17,20). The summed E-state index contributed by atoms with van der Waals surface area (Å²) in [5.41, 5.74) is 8.47. The predicted octanol–water partition coefficient (Wildman–Crippen LogP) is 3.27. The summed E-state index contributed by atoms with van der Waals surface area (Å²) >= 11 is 0. The van der Waals surface area contributed by atoms with E-state index in [-0.39, 0.29) is 5.69 Å². The highest BCUT2D eigenvalue weighted by Gasteiger charge is 2.17. The third-order valence-corrected chi connectivity index (χ3v) is 3.74. The molecule has 2 N–H and O–H groups in total. The van der Waals surface area contributed by atoms with Crippen LogP contribution in [0.2, 0.25) is 0 Å². The maximum atomic E-state index is 11.6. The molecule has 1 aromatic carbocycles. The Balaban J connectivity index is 2.50. The van der Waals surface area contributed by atoms with Crippen LogP contribution >= 0.6 is 0 Å². The van der Waals surface area contributed by atoms with Gasteiger partial charge in [0.25, 0.3) is 11.6 Å². The average molecular weight is 301 g/mol. The normalized spacial score (nSPS) is 10.6. The van der Waals surface area contributed by atoms with Crippen molar-refractivity contribution in [2.75, 3.05) is 0 Å². The Hall–Kier alpha value is -2.63. The lowest BCUT2D eigenvalue weighted by atomic mass is 10.1. The number of carbonyl (C=O) groups excluding carboxylic acids is 1. The van der Waals surface area contributed by atoms with Gasteiger partial charge in [-0.3, -0.25) is 14.9 Å². The van der Waals surface area contributed by atoms with E-state index in [9.17, 15) is 14.9 Å². The van der Waals surface area contributed by atoms with Gasteiger partial charge in [-0.1, -0.05) is 13.3 Å². The molecule has 0 atom stereocenters. The number of hydrogen-bond acceptors (Lipinski definition) is 3. The Bertz CT molecular complexity index is 702. The van der Waals surface area contributed by atoms with Crippen LogP contribution < -0.4 is 5.73 Å². The minimum Gasteiger partial charge on any atom is -0.366 e. The van der Waals surface area contributed by atoms with Crippen LogP contribution in [0.25, 0.3) is 11.3 Å². The molecule has 2 rings (SSSR count). The third-order valence-electron chi connectivity index (χ3n) is 3.74. The van der Waals surface area contributed by atoms with Gasteiger partial charge in [-0.15, -0.1) is 0 Å². The molecule has 6 heteroatoms. The SMILES string of the molecule is CCCCn1c(-c2ccc([N+](=O)[O-])cc2)cc(C(N)=O)c1C. The quantitative estimate of drug-likeness (QED) is 0.655. The van der Waals surface area contributed by atoms with E-state index in [1.807, 2.05) is 11.5 Å². The molecule has 0 saturated carbocycles. The number of non-ortho nitro benzene ring substituents is 1. The van der Waals surface area contributed by atoms with E-state index in [0.29, 0.717) is 5.56 Å². The van der Waals surface area contributed by atoms with Crippen LogP contribution in [0, 0.1) is 17.0 Å². The van der Waals surface area contributed by atoms with Crippen molar-refractivity contribution in [1.29, 1.82) is 0 Å². The minimum absolute atomic E-state index is 0.0438. The summed E-state index contributed by atoms with van der Waals surface area (Å²) in [6, 6.07) is 8.08. The molecule has 1 aromatic heterocycles. The topological polar surface area (TPSA) is 91.2 Å². The number of amides is 1. The summed E-state index contributed by atoms with van der Waals surface area (Å²) in [6.07, 6.45) is 2.01. The smallest absolute Gasteiger partial charge is 0.269 e. The molecular weight excluding hydrogens is 282 g/mol. The van der Waals surface area contributed by atoms with E-state index in [2.05, 4.69) is 6.92 Å². The van der Waals surface area contributed by atoms with Crippen molar-refractivity contribution in [2.24, 2.45) is 5.73 Å². The number of benzene rings is 1. The van der Waals surface area contributed by atoms with Gasteiger partial charge in [0.2, 0.25) is 0 Å². The van der Waals surface area contributed by atoms with Crippen molar-refractivity contribution >= 4 is 11.6 Å². The van der Waals surface area contributed by atoms with Crippen molar-refractivity contribution in [1.82, 2.24) is 4.57 Å². The first kappa shape index (κ1) is 15.8. The molecule has 6 nitrogen and oxygen atoms in total. The van der Waals surface area contributed by atoms with Crippen LogP contribution in [0.15, 0.2) is 30.3 Å². The van der Waals surface area contributed by atoms with Crippen LogP contribution in [0.1, 0.15) is 35.8 Å². The van der Waals surface area contributed by atoms with Gasteiger partial charge in [-0.05, 0) is 37.1 Å². The zero-order valence-corrected chi connectivity index (χ0v) is 12.7. The van der Waals surface area contributed by atoms with E-state index in [1.54, 1.807) is 18.2 Å². The Labute approximate surface area is 128 Å². The molecule has 0 spiro atoms. The summed E-state index contributed by atoms with van der Waals surface area (Å²) in [7, 11) is 0. The zero-order chi connectivity index (χ0) is 16.3. The van der Waals surface area contributed by atoms with Gasteiger partial charge in [0, 0.05) is 30.1 Å². The number of nitro groups is 1. The molecule has 0 aliphatic carbocycles. The number of rotatable bonds is 6. The first-order valence-electron chi connectivity index (χ1n) is 7.20. The lowest BCUT2D eigenvalue weighted by Gasteiger charge is -2.11. The Morgan fingerprint density at radius 2 is 1.95 bits per heavy atom. The van der Waals surface area contributed by atoms with Gasteiger partial charge >= 0.3 is 0 Å². The molecule has 2 aromatic rings. The second kappa shape index (κ2) is 6.43. The van der Waals surface area contributed by atoms with Gasteiger partial charge in [0.1, 0.15) is 0 Å². The molecular formula is C16H19N3O3. The Morgan fingerprint density at radius 3 is 2.45 bits per heavy atom. The van der Waals surface area contributed by atoms with Crippen molar-refractivity contribution in [3.8, 4) is 11.3 Å². The highest BCUT2D eigenvalue weighted by Crippen LogP contribution is 2.28. The predicted molar refractivity (Wildman–Crippen MR) is 84.7 cm³/mol. The van der Waals surface area contributed by atoms with Crippen LogP contribution in [-0.4, -0.2) is 15.4 Å². The van der Waals surface area contributed by atoms with Crippen LogP contribution in [-0.2, 0) is 6.54 Å². The van der Waals surface area contributed by atoms with Crippen molar-refractivity contribution in [2.45, 2.75) is 33.2 Å². The monoisotopic (exact) mass is 301 g/mol. The van der Waals surface area contributed by atoms with E-state index in [0.717, 1.165) is 36.3 Å². The highest BCUT2D eigenvalue weighted by atomic mass is 16.6. The van der Waals surface area contributed by atoms with E-state index in [1.165, 1.54) is 12.1 Å². The number of unbranched alkanes of at least 4 members (excludes halogenated alkanes) is 1. The Morgan fingerprint density at radius 1 is 1.32 bits per heavy atom. The summed E-state index contributed by atoms with van der Waals surface area (Å²) in [6.45, 7) is 4.74. The van der Waals surface area contributed by atoms with E-state index in [4.69, 9.17) is 5.73 Å². The van der Waals surface area contributed by atoms with Gasteiger partial charge in [0.05, 0.1) is 10.5 Å².